The zero-order valence-electron chi connectivity index (χ0n) is 11.6. The fourth-order valence-corrected chi connectivity index (χ4v) is 2.21. The lowest BCUT2D eigenvalue weighted by Gasteiger charge is -2.24. The number of ether oxygens (including phenoxy) is 1. The van der Waals surface area contributed by atoms with Gasteiger partial charge in [-0.25, -0.2) is 0 Å². The largest absolute Gasteiger partial charge is 0.490 e. The smallest absolute Gasteiger partial charge is 0.235 e. The van der Waals surface area contributed by atoms with E-state index in [1.165, 1.54) is 0 Å². The van der Waals surface area contributed by atoms with E-state index in [0.717, 1.165) is 22.6 Å². The molecule has 1 aliphatic heterocycles. The predicted molar refractivity (Wildman–Crippen MR) is 73.0 cm³/mol. The van der Waals surface area contributed by atoms with Gasteiger partial charge in [0.05, 0.1) is 11.1 Å². The van der Waals surface area contributed by atoms with Crippen LogP contribution in [0.15, 0.2) is 6.07 Å². The first-order valence-electron chi connectivity index (χ1n) is 6.06. The molecule has 1 amide bonds. The summed E-state index contributed by atoms with van der Waals surface area (Å²) in [6.45, 7) is 8.10. The van der Waals surface area contributed by atoms with Crippen LogP contribution in [0, 0.1) is 19.3 Å². The summed E-state index contributed by atoms with van der Waals surface area (Å²) in [5, 5.41) is 0. The minimum atomic E-state index is -0.525. The lowest BCUT2D eigenvalue weighted by Crippen LogP contribution is -2.39. The Balaban J connectivity index is 2.65. The van der Waals surface area contributed by atoms with Gasteiger partial charge in [-0.05, 0) is 44.9 Å². The Morgan fingerprint density at radius 2 is 1.94 bits per heavy atom. The van der Waals surface area contributed by atoms with Gasteiger partial charge in [0.25, 0.3) is 0 Å². The molecule has 0 spiro atoms. The van der Waals surface area contributed by atoms with E-state index in [-0.39, 0.29) is 5.91 Å². The first-order valence-corrected chi connectivity index (χ1v) is 6.06. The number of carbonyl (C=O) groups is 1. The molecule has 0 radical (unpaired) electrons. The molecule has 0 bridgehead atoms. The predicted octanol–water partition coefficient (Wildman–Crippen LogP) is 2.27. The number of fused-ring (bicyclic) bond motifs is 1. The van der Waals surface area contributed by atoms with Crippen molar-refractivity contribution in [1.82, 2.24) is 0 Å². The zero-order chi connectivity index (χ0) is 13.7. The Morgan fingerprint density at radius 3 is 2.56 bits per heavy atom. The number of anilines is 2. The number of nitrogens with zero attached hydrogens (tertiary/aromatic N) is 1. The van der Waals surface area contributed by atoms with E-state index >= 15 is 0 Å². The molecule has 0 aliphatic carbocycles. The summed E-state index contributed by atoms with van der Waals surface area (Å²) in [7, 11) is 1.77. The molecule has 1 aromatic carbocycles. The monoisotopic (exact) mass is 248 g/mol. The van der Waals surface area contributed by atoms with Crippen LogP contribution in [0.4, 0.5) is 11.4 Å². The maximum Gasteiger partial charge on any atom is 0.235 e. The molecule has 1 heterocycles. The van der Waals surface area contributed by atoms with Gasteiger partial charge in [-0.3, -0.25) is 4.79 Å². The SMILES string of the molecule is Cc1c(N)cc2c(c1C)OCC(C)(C)C(=O)N2C. The third-order valence-corrected chi connectivity index (χ3v) is 3.68. The van der Waals surface area contributed by atoms with Crippen LogP contribution in [0.2, 0.25) is 0 Å². The van der Waals surface area contributed by atoms with Crippen molar-refractivity contribution in [2.24, 2.45) is 5.41 Å². The first kappa shape index (κ1) is 12.7. The third kappa shape index (κ3) is 1.72. The quantitative estimate of drug-likeness (QED) is 0.716. The molecule has 98 valence electrons. The molecule has 0 atom stereocenters. The Bertz CT molecular complexity index is 521. The maximum absolute atomic E-state index is 12.3. The van der Waals surface area contributed by atoms with Crippen LogP contribution in [0.1, 0.15) is 25.0 Å². The molecular weight excluding hydrogens is 228 g/mol. The molecule has 1 aromatic rings. The van der Waals surface area contributed by atoms with Crippen LogP contribution in [0.25, 0.3) is 0 Å². The van der Waals surface area contributed by atoms with Gasteiger partial charge in [0.1, 0.15) is 12.4 Å². The van der Waals surface area contributed by atoms with Gasteiger partial charge in [0.2, 0.25) is 5.91 Å². The highest BCUT2D eigenvalue weighted by Gasteiger charge is 2.36. The summed E-state index contributed by atoms with van der Waals surface area (Å²) in [4.78, 5) is 14.0. The van der Waals surface area contributed by atoms with Gasteiger partial charge >= 0.3 is 0 Å². The highest BCUT2D eigenvalue weighted by molar-refractivity contribution is 5.99. The van der Waals surface area contributed by atoms with Crippen LogP contribution in [-0.2, 0) is 4.79 Å². The van der Waals surface area contributed by atoms with Gasteiger partial charge in [-0.1, -0.05) is 0 Å². The van der Waals surface area contributed by atoms with Crippen LogP contribution in [0.5, 0.6) is 5.75 Å². The normalized spacial score (nSPS) is 18.1. The van der Waals surface area contributed by atoms with E-state index in [2.05, 4.69) is 0 Å². The second-order valence-corrected chi connectivity index (χ2v) is 5.60. The Morgan fingerprint density at radius 1 is 1.33 bits per heavy atom. The number of benzene rings is 1. The highest BCUT2D eigenvalue weighted by Crippen LogP contribution is 2.41. The van der Waals surface area contributed by atoms with Crippen LogP contribution in [0.3, 0.4) is 0 Å². The maximum atomic E-state index is 12.3. The molecule has 0 saturated heterocycles. The lowest BCUT2D eigenvalue weighted by atomic mass is 9.93. The summed E-state index contributed by atoms with van der Waals surface area (Å²) in [6.07, 6.45) is 0. The molecule has 0 fully saturated rings. The van der Waals surface area contributed by atoms with E-state index < -0.39 is 5.41 Å². The molecule has 0 aromatic heterocycles. The highest BCUT2D eigenvalue weighted by atomic mass is 16.5. The van der Waals surface area contributed by atoms with Crippen molar-refractivity contribution in [3.8, 4) is 5.75 Å². The lowest BCUT2D eigenvalue weighted by molar-refractivity contribution is -0.127. The molecule has 2 rings (SSSR count). The first-order chi connectivity index (χ1) is 8.25. The van der Waals surface area contributed by atoms with Crippen molar-refractivity contribution in [2.45, 2.75) is 27.7 Å². The zero-order valence-corrected chi connectivity index (χ0v) is 11.6. The number of carbonyl (C=O) groups excluding carboxylic acids is 1. The minimum Gasteiger partial charge on any atom is -0.490 e. The summed E-state index contributed by atoms with van der Waals surface area (Å²) in [5.41, 5.74) is 8.91. The standard InChI is InChI=1S/C14H20N2O2/c1-8-9(2)12-11(6-10(8)15)16(5)13(17)14(3,4)7-18-12/h6H,7,15H2,1-5H3. The van der Waals surface area contributed by atoms with Crippen molar-refractivity contribution in [3.63, 3.8) is 0 Å². The molecule has 4 heteroatoms. The molecular formula is C14H20N2O2. The van der Waals surface area contributed by atoms with Gasteiger partial charge in [-0.15, -0.1) is 0 Å². The fourth-order valence-electron chi connectivity index (χ4n) is 2.21. The molecule has 0 unspecified atom stereocenters. The summed E-state index contributed by atoms with van der Waals surface area (Å²) >= 11 is 0. The number of hydrogen-bond donors (Lipinski definition) is 1. The van der Waals surface area contributed by atoms with Gasteiger partial charge in [-0.2, -0.15) is 0 Å². The Kier molecular flexibility index (Phi) is 2.76. The van der Waals surface area contributed by atoms with Gasteiger partial charge in [0, 0.05) is 12.7 Å². The summed E-state index contributed by atoms with van der Waals surface area (Å²) in [6, 6.07) is 1.82. The van der Waals surface area contributed by atoms with Gasteiger partial charge < -0.3 is 15.4 Å². The van der Waals surface area contributed by atoms with E-state index in [4.69, 9.17) is 10.5 Å². The summed E-state index contributed by atoms with van der Waals surface area (Å²) < 4.78 is 5.85. The van der Waals surface area contributed by atoms with Crippen molar-refractivity contribution >= 4 is 17.3 Å². The second kappa shape index (κ2) is 3.90. The molecule has 1 aliphatic rings. The number of nitrogen functional groups attached to an aromatic ring is 1. The number of hydrogen-bond acceptors (Lipinski definition) is 3. The molecule has 2 N–H and O–H groups in total. The van der Waals surface area contributed by atoms with Crippen molar-refractivity contribution < 1.29 is 9.53 Å². The number of rotatable bonds is 0. The molecule has 0 saturated carbocycles. The number of nitrogens with two attached hydrogens (primary N) is 1. The van der Waals surface area contributed by atoms with E-state index in [0.29, 0.717) is 12.3 Å². The van der Waals surface area contributed by atoms with Gasteiger partial charge in [0.15, 0.2) is 0 Å². The van der Waals surface area contributed by atoms with E-state index in [1.807, 2.05) is 33.8 Å². The second-order valence-electron chi connectivity index (χ2n) is 5.60. The Hall–Kier alpha value is -1.71. The van der Waals surface area contributed by atoms with Crippen LogP contribution in [-0.4, -0.2) is 19.6 Å². The molecule has 18 heavy (non-hydrogen) atoms. The van der Waals surface area contributed by atoms with Crippen molar-refractivity contribution in [2.75, 3.05) is 24.3 Å². The van der Waals surface area contributed by atoms with Crippen LogP contribution >= 0.6 is 0 Å². The third-order valence-electron chi connectivity index (χ3n) is 3.68. The van der Waals surface area contributed by atoms with Crippen molar-refractivity contribution in [3.05, 3.63) is 17.2 Å². The number of amides is 1. The minimum absolute atomic E-state index is 0.0453. The van der Waals surface area contributed by atoms with Crippen molar-refractivity contribution in [1.29, 1.82) is 0 Å². The molecule has 4 nitrogen and oxygen atoms in total. The Labute approximate surface area is 108 Å². The average molecular weight is 248 g/mol. The van der Waals surface area contributed by atoms with Crippen LogP contribution < -0.4 is 15.4 Å². The van der Waals surface area contributed by atoms with E-state index in [9.17, 15) is 4.79 Å². The summed E-state index contributed by atoms with van der Waals surface area (Å²) in [5.74, 6) is 0.812. The van der Waals surface area contributed by atoms with E-state index in [1.54, 1.807) is 11.9 Å². The average Bonchev–Trinajstić information content (AvgIpc) is 2.39. The topological polar surface area (TPSA) is 55.6 Å². The fraction of sp³-hybridized carbons (Fsp3) is 0.500.